The molecule has 0 aliphatic rings. The summed E-state index contributed by atoms with van der Waals surface area (Å²) in [7, 11) is 0. The highest BCUT2D eigenvalue weighted by atomic mass is 16.4. The highest BCUT2D eigenvalue weighted by Crippen LogP contribution is 2.10. The number of nitrogens with one attached hydrogen (secondary N) is 3. The van der Waals surface area contributed by atoms with Gasteiger partial charge in [-0.1, -0.05) is 34.1 Å². The molecule has 0 aliphatic heterocycles. The van der Waals surface area contributed by atoms with E-state index in [1.54, 1.807) is 20.8 Å². The van der Waals surface area contributed by atoms with Gasteiger partial charge in [0.2, 0.25) is 23.6 Å². The van der Waals surface area contributed by atoms with Crippen molar-refractivity contribution in [3.63, 3.8) is 0 Å². The summed E-state index contributed by atoms with van der Waals surface area (Å²) in [5, 5.41) is 16.6. The summed E-state index contributed by atoms with van der Waals surface area (Å²) in [6.45, 7) is 8.61. The van der Waals surface area contributed by atoms with E-state index in [4.69, 9.17) is 11.5 Å². The third-order valence-corrected chi connectivity index (χ3v) is 4.57. The molecule has 30 heavy (non-hydrogen) atoms. The van der Waals surface area contributed by atoms with E-state index in [1.807, 2.05) is 6.92 Å². The highest BCUT2D eigenvalue weighted by molar-refractivity contribution is 5.96. The Kier molecular flexibility index (Phi) is 11.6. The molecule has 0 radical (unpaired) electrons. The van der Waals surface area contributed by atoms with Crippen molar-refractivity contribution in [3.05, 3.63) is 0 Å². The van der Waals surface area contributed by atoms with Crippen molar-refractivity contribution < 1.29 is 29.1 Å². The SMILES string of the molecule is CCC(C)C(NC(=O)C(C)N)C(=O)NC(CC(N)=O)C(=O)NC(CC(C)C)C(=O)O. The molecule has 0 spiro atoms. The van der Waals surface area contributed by atoms with E-state index in [0.717, 1.165) is 0 Å². The van der Waals surface area contributed by atoms with Crippen LogP contribution < -0.4 is 27.4 Å². The Balaban J connectivity index is 5.51. The fourth-order valence-corrected chi connectivity index (χ4v) is 2.62. The molecule has 4 amide bonds. The number of rotatable bonds is 13. The van der Waals surface area contributed by atoms with Crippen LogP contribution in [-0.4, -0.2) is 58.9 Å². The van der Waals surface area contributed by atoms with Crippen molar-refractivity contribution in [2.24, 2.45) is 23.3 Å². The summed E-state index contributed by atoms with van der Waals surface area (Å²) < 4.78 is 0. The first-order chi connectivity index (χ1) is 13.8. The minimum absolute atomic E-state index is 0.0150. The molecule has 0 heterocycles. The lowest BCUT2D eigenvalue weighted by molar-refractivity contribution is -0.143. The third kappa shape index (κ3) is 9.68. The fourth-order valence-electron chi connectivity index (χ4n) is 2.62. The molecule has 0 saturated heterocycles. The van der Waals surface area contributed by atoms with Crippen molar-refractivity contribution in [1.82, 2.24) is 16.0 Å². The van der Waals surface area contributed by atoms with Gasteiger partial charge in [-0.25, -0.2) is 4.79 Å². The van der Waals surface area contributed by atoms with Crippen LogP contribution in [0.4, 0.5) is 0 Å². The number of aliphatic carboxylic acids is 1. The molecule has 0 saturated carbocycles. The molecule has 0 aromatic heterocycles. The molecule has 11 heteroatoms. The van der Waals surface area contributed by atoms with Gasteiger partial charge < -0.3 is 32.5 Å². The topological polar surface area (TPSA) is 194 Å². The number of hydrogen-bond donors (Lipinski definition) is 6. The van der Waals surface area contributed by atoms with Crippen LogP contribution in [0.5, 0.6) is 0 Å². The number of carboxylic acids is 1. The van der Waals surface area contributed by atoms with Gasteiger partial charge >= 0.3 is 5.97 Å². The summed E-state index contributed by atoms with van der Waals surface area (Å²) in [6.07, 6.45) is 0.178. The quantitative estimate of drug-likeness (QED) is 0.212. The van der Waals surface area contributed by atoms with Gasteiger partial charge in [0, 0.05) is 0 Å². The van der Waals surface area contributed by atoms with E-state index < -0.39 is 60.2 Å². The molecular weight excluding hydrogens is 394 g/mol. The summed E-state index contributed by atoms with van der Waals surface area (Å²) in [6, 6.07) is -4.42. The highest BCUT2D eigenvalue weighted by Gasteiger charge is 2.32. The largest absolute Gasteiger partial charge is 0.480 e. The van der Waals surface area contributed by atoms with Gasteiger partial charge in [-0.05, 0) is 25.2 Å². The van der Waals surface area contributed by atoms with Gasteiger partial charge in [0.05, 0.1) is 12.5 Å². The Labute approximate surface area is 176 Å². The zero-order valence-electron chi connectivity index (χ0n) is 18.2. The predicted octanol–water partition coefficient (Wildman–Crippen LogP) is -1.16. The third-order valence-electron chi connectivity index (χ3n) is 4.57. The molecule has 0 aliphatic carbocycles. The van der Waals surface area contributed by atoms with E-state index in [9.17, 15) is 29.1 Å². The molecule has 5 atom stereocenters. The van der Waals surface area contributed by atoms with Crippen LogP contribution in [-0.2, 0) is 24.0 Å². The maximum Gasteiger partial charge on any atom is 0.326 e. The minimum atomic E-state index is -1.39. The van der Waals surface area contributed by atoms with Crippen LogP contribution in [0.3, 0.4) is 0 Å². The smallest absolute Gasteiger partial charge is 0.326 e. The molecule has 0 bridgehead atoms. The van der Waals surface area contributed by atoms with Crippen molar-refractivity contribution >= 4 is 29.6 Å². The average Bonchev–Trinajstić information content (AvgIpc) is 2.62. The van der Waals surface area contributed by atoms with Crippen LogP contribution in [0.1, 0.15) is 53.9 Å². The number of nitrogens with two attached hydrogens (primary N) is 2. The van der Waals surface area contributed by atoms with E-state index >= 15 is 0 Å². The second-order valence-electron chi connectivity index (χ2n) is 7.92. The molecule has 0 fully saturated rings. The molecule has 5 unspecified atom stereocenters. The monoisotopic (exact) mass is 429 g/mol. The number of primary amides is 1. The first-order valence-corrected chi connectivity index (χ1v) is 9.97. The van der Waals surface area contributed by atoms with Gasteiger partial charge in [0.15, 0.2) is 0 Å². The molecular formula is C19H35N5O6. The zero-order chi connectivity index (χ0) is 23.6. The molecule has 172 valence electrons. The second-order valence-corrected chi connectivity index (χ2v) is 7.92. The molecule has 0 aromatic carbocycles. The maximum absolute atomic E-state index is 12.8. The Morgan fingerprint density at radius 2 is 1.40 bits per heavy atom. The maximum atomic E-state index is 12.8. The number of carbonyl (C=O) groups is 5. The van der Waals surface area contributed by atoms with Gasteiger partial charge in [-0.15, -0.1) is 0 Å². The molecule has 8 N–H and O–H groups in total. The Morgan fingerprint density at radius 3 is 1.80 bits per heavy atom. The van der Waals surface area contributed by atoms with E-state index in [2.05, 4.69) is 16.0 Å². The lowest BCUT2D eigenvalue weighted by Crippen LogP contribution is -2.59. The first kappa shape index (κ1) is 27.3. The van der Waals surface area contributed by atoms with E-state index in [1.165, 1.54) is 6.92 Å². The van der Waals surface area contributed by atoms with Gasteiger partial charge in [-0.2, -0.15) is 0 Å². The van der Waals surface area contributed by atoms with Crippen LogP contribution >= 0.6 is 0 Å². The van der Waals surface area contributed by atoms with Crippen LogP contribution in [0.15, 0.2) is 0 Å². The minimum Gasteiger partial charge on any atom is -0.480 e. The summed E-state index contributed by atoms with van der Waals surface area (Å²) >= 11 is 0. The number of hydrogen-bond acceptors (Lipinski definition) is 6. The Hall–Kier alpha value is -2.69. The summed E-state index contributed by atoms with van der Waals surface area (Å²) in [5.41, 5.74) is 10.7. The van der Waals surface area contributed by atoms with Crippen molar-refractivity contribution in [2.75, 3.05) is 0 Å². The fraction of sp³-hybridized carbons (Fsp3) is 0.737. The van der Waals surface area contributed by atoms with Crippen LogP contribution in [0.25, 0.3) is 0 Å². The summed E-state index contributed by atoms with van der Waals surface area (Å²) in [5.74, 6) is -4.49. The van der Waals surface area contributed by atoms with Crippen molar-refractivity contribution in [3.8, 4) is 0 Å². The van der Waals surface area contributed by atoms with Gasteiger partial charge in [0.1, 0.15) is 18.1 Å². The second kappa shape index (κ2) is 12.8. The normalized spacial score (nSPS) is 16.0. The lowest BCUT2D eigenvalue weighted by atomic mass is 9.97. The molecule has 11 nitrogen and oxygen atoms in total. The number of amides is 4. The van der Waals surface area contributed by atoms with E-state index in [-0.39, 0.29) is 18.3 Å². The van der Waals surface area contributed by atoms with Gasteiger partial charge in [0.25, 0.3) is 0 Å². The first-order valence-electron chi connectivity index (χ1n) is 9.97. The van der Waals surface area contributed by atoms with Crippen LogP contribution in [0, 0.1) is 11.8 Å². The lowest BCUT2D eigenvalue weighted by Gasteiger charge is -2.27. The van der Waals surface area contributed by atoms with Crippen LogP contribution in [0.2, 0.25) is 0 Å². The number of carboxylic acid groups (broad SMARTS) is 1. The van der Waals surface area contributed by atoms with Crippen molar-refractivity contribution in [1.29, 1.82) is 0 Å². The van der Waals surface area contributed by atoms with Gasteiger partial charge in [-0.3, -0.25) is 19.2 Å². The Bertz CT molecular complexity index is 637. The standard InChI is InChI=1S/C19H35N5O6/c1-6-10(4)15(24-16(26)11(5)20)18(28)22-12(8-14(21)25)17(27)23-13(19(29)30)7-9(2)3/h9-13,15H,6-8,20H2,1-5H3,(H2,21,25)(H,22,28)(H,23,27)(H,24,26)(H,29,30). The Morgan fingerprint density at radius 1 is 0.867 bits per heavy atom. The zero-order valence-corrected chi connectivity index (χ0v) is 18.2. The van der Waals surface area contributed by atoms with E-state index in [0.29, 0.717) is 6.42 Å². The molecule has 0 aromatic rings. The van der Waals surface area contributed by atoms with Crippen molar-refractivity contribution in [2.45, 2.75) is 78.0 Å². The summed E-state index contributed by atoms with van der Waals surface area (Å²) in [4.78, 5) is 60.2. The predicted molar refractivity (Wildman–Crippen MR) is 110 cm³/mol. The molecule has 0 rings (SSSR count). The average molecular weight is 430 g/mol. The number of carbonyl (C=O) groups excluding carboxylic acids is 4.